The van der Waals surface area contributed by atoms with Gasteiger partial charge in [0.1, 0.15) is 0 Å². The van der Waals surface area contributed by atoms with Crippen molar-refractivity contribution in [2.24, 2.45) is 0 Å². The Kier molecular flexibility index (Phi) is 6.08. The summed E-state index contributed by atoms with van der Waals surface area (Å²) in [6.45, 7) is 2.17. The monoisotopic (exact) mass is 417 g/mol. The lowest BCUT2D eigenvalue weighted by Crippen LogP contribution is -2.42. The predicted molar refractivity (Wildman–Crippen MR) is 112 cm³/mol. The number of halogens is 1. The van der Waals surface area contributed by atoms with Gasteiger partial charge in [0.25, 0.3) is 0 Å². The summed E-state index contributed by atoms with van der Waals surface area (Å²) >= 11 is 6.00. The minimum Gasteiger partial charge on any atom is -0.454 e. The largest absolute Gasteiger partial charge is 0.454 e. The molecule has 0 radical (unpaired) electrons. The Hall–Kier alpha value is -2.48. The lowest BCUT2D eigenvalue weighted by atomic mass is 10.0. The zero-order valence-electron chi connectivity index (χ0n) is 16.0. The maximum atomic E-state index is 12.4. The second-order valence-corrected chi connectivity index (χ2v) is 7.71. The van der Waals surface area contributed by atoms with Gasteiger partial charge >= 0.3 is 0 Å². The van der Waals surface area contributed by atoms with E-state index in [2.05, 4.69) is 15.5 Å². The number of rotatable bonds is 6. The van der Waals surface area contributed by atoms with Crippen LogP contribution < -0.4 is 20.1 Å². The number of anilines is 2. The number of likely N-dealkylation sites (tertiary alicyclic amines) is 1. The Balaban J connectivity index is 1.25. The average molecular weight is 418 g/mol. The van der Waals surface area contributed by atoms with Crippen molar-refractivity contribution in [2.75, 3.05) is 37.1 Å². The number of benzene rings is 2. The fourth-order valence-corrected chi connectivity index (χ4v) is 3.86. The van der Waals surface area contributed by atoms with E-state index in [1.165, 1.54) is 0 Å². The van der Waals surface area contributed by atoms with Crippen LogP contribution in [0.1, 0.15) is 18.4 Å². The molecular formula is C21H24ClN3O4. The molecule has 0 atom stereocenters. The van der Waals surface area contributed by atoms with E-state index in [1.807, 2.05) is 18.2 Å². The average Bonchev–Trinajstić information content (AvgIpc) is 3.18. The van der Waals surface area contributed by atoms with Crippen molar-refractivity contribution in [2.45, 2.75) is 25.5 Å². The molecule has 8 heteroatoms. The van der Waals surface area contributed by atoms with Crippen LogP contribution in [-0.4, -0.2) is 48.4 Å². The number of ether oxygens (including phenoxy) is 2. The van der Waals surface area contributed by atoms with Crippen molar-refractivity contribution < 1.29 is 19.4 Å². The molecular weight excluding hydrogens is 394 g/mol. The molecule has 2 heterocycles. The minimum absolute atomic E-state index is 0.0458. The van der Waals surface area contributed by atoms with Gasteiger partial charge in [0.05, 0.1) is 13.2 Å². The highest BCUT2D eigenvalue weighted by molar-refractivity contribution is 6.30. The summed E-state index contributed by atoms with van der Waals surface area (Å²) in [7, 11) is 0. The number of carbonyl (C=O) groups excluding carboxylic acids is 1. The first-order valence-electron chi connectivity index (χ1n) is 9.68. The van der Waals surface area contributed by atoms with Crippen LogP contribution in [0.3, 0.4) is 0 Å². The van der Waals surface area contributed by atoms with Crippen LogP contribution >= 0.6 is 11.6 Å². The molecule has 2 aliphatic rings. The highest BCUT2D eigenvalue weighted by Gasteiger charge is 2.22. The summed E-state index contributed by atoms with van der Waals surface area (Å²) in [5.74, 6) is 1.30. The highest BCUT2D eigenvalue weighted by atomic mass is 35.5. The van der Waals surface area contributed by atoms with Gasteiger partial charge in [0.15, 0.2) is 11.5 Å². The van der Waals surface area contributed by atoms with Crippen molar-refractivity contribution >= 4 is 28.9 Å². The molecule has 1 fully saturated rings. The summed E-state index contributed by atoms with van der Waals surface area (Å²) in [5.41, 5.74) is 2.41. The molecule has 2 aromatic carbocycles. The van der Waals surface area contributed by atoms with Crippen LogP contribution in [0.25, 0.3) is 0 Å². The van der Waals surface area contributed by atoms with Gasteiger partial charge in [-0.3, -0.25) is 9.69 Å². The first kappa shape index (κ1) is 19.8. The number of nitrogens with zero attached hydrogens (tertiary/aromatic N) is 1. The SMILES string of the molecule is O=C(CN1CCC(Nc2ccc(Cl)cc2CO)CC1)Nc1ccc2c(c1)OCO2. The van der Waals surface area contributed by atoms with E-state index >= 15 is 0 Å². The van der Waals surface area contributed by atoms with Crippen LogP contribution in [0.15, 0.2) is 36.4 Å². The first-order valence-corrected chi connectivity index (χ1v) is 10.1. The Bertz CT molecular complexity index is 884. The first-order chi connectivity index (χ1) is 14.1. The quantitative estimate of drug-likeness (QED) is 0.670. The fourth-order valence-electron chi connectivity index (χ4n) is 3.67. The van der Waals surface area contributed by atoms with E-state index in [1.54, 1.807) is 18.2 Å². The summed E-state index contributed by atoms with van der Waals surface area (Å²) in [6.07, 6.45) is 1.84. The third-order valence-electron chi connectivity index (χ3n) is 5.21. The van der Waals surface area contributed by atoms with Gasteiger partial charge in [-0.05, 0) is 43.2 Å². The molecule has 3 N–H and O–H groups in total. The van der Waals surface area contributed by atoms with Crippen molar-refractivity contribution in [3.05, 3.63) is 47.0 Å². The minimum atomic E-state index is -0.0538. The second-order valence-electron chi connectivity index (χ2n) is 7.27. The zero-order valence-corrected chi connectivity index (χ0v) is 16.7. The highest BCUT2D eigenvalue weighted by Crippen LogP contribution is 2.34. The van der Waals surface area contributed by atoms with Crippen LogP contribution in [0.2, 0.25) is 5.02 Å². The van der Waals surface area contributed by atoms with Gasteiger partial charge in [-0.25, -0.2) is 0 Å². The standard InChI is InChI=1S/C21H24ClN3O4/c22-15-1-3-18(14(9-15)12-26)23-16-5-7-25(8-6-16)11-21(27)24-17-2-4-19-20(10-17)29-13-28-19/h1-4,9-10,16,23,26H,5-8,11-13H2,(H,24,27). The Morgan fingerprint density at radius 1 is 1.14 bits per heavy atom. The molecule has 7 nitrogen and oxygen atoms in total. The maximum absolute atomic E-state index is 12.4. The molecule has 0 bridgehead atoms. The van der Waals surface area contributed by atoms with Crippen molar-refractivity contribution in [1.29, 1.82) is 0 Å². The Labute approximate surface area is 174 Å². The van der Waals surface area contributed by atoms with Crippen LogP contribution in [0, 0.1) is 0 Å². The number of carbonyl (C=O) groups is 1. The Morgan fingerprint density at radius 2 is 1.93 bits per heavy atom. The van der Waals surface area contributed by atoms with Crippen LogP contribution in [0.4, 0.5) is 11.4 Å². The molecule has 2 aliphatic heterocycles. The smallest absolute Gasteiger partial charge is 0.238 e. The zero-order chi connectivity index (χ0) is 20.2. The topological polar surface area (TPSA) is 83.1 Å². The summed E-state index contributed by atoms with van der Waals surface area (Å²) in [5, 5.41) is 16.5. The molecule has 0 aliphatic carbocycles. The molecule has 0 aromatic heterocycles. The number of piperidine rings is 1. The number of hydrogen-bond donors (Lipinski definition) is 3. The lowest BCUT2D eigenvalue weighted by molar-refractivity contribution is -0.117. The Morgan fingerprint density at radius 3 is 2.72 bits per heavy atom. The molecule has 0 saturated carbocycles. The van der Waals surface area contributed by atoms with E-state index in [4.69, 9.17) is 21.1 Å². The molecule has 1 saturated heterocycles. The molecule has 154 valence electrons. The maximum Gasteiger partial charge on any atom is 0.238 e. The van der Waals surface area contributed by atoms with Crippen LogP contribution in [0.5, 0.6) is 11.5 Å². The second kappa shape index (κ2) is 8.90. The number of hydrogen-bond acceptors (Lipinski definition) is 6. The van der Waals surface area contributed by atoms with Crippen molar-refractivity contribution in [3.63, 3.8) is 0 Å². The summed E-state index contributed by atoms with van der Waals surface area (Å²) in [6, 6.07) is 11.2. The number of aliphatic hydroxyl groups is 1. The van der Waals surface area contributed by atoms with Gasteiger partial charge in [0.2, 0.25) is 12.7 Å². The predicted octanol–water partition coefficient (Wildman–Crippen LogP) is 3.08. The third kappa shape index (κ3) is 4.93. The van der Waals surface area contributed by atoms with Crippen molar-refractivity contribution in [1.82, 2.24) is 4.90 Å². The number of fused-ring (bicyclic) bond motifs is 1. The van der Waals surface area contributed by atoms with Gasteiger partial charge < -0.3 is 25.2 Å². The van der Waals surface area contributed by atoms with Gasteiger partial charge in [-0.2, -0.15) is 0 Å². The van der Waals surface area contributed by atoms with Crippen LogP contribution in [-0.2, 0) is 11.4 Å². The number of aliphatic hydroxyl groups excluding tert-OH is 1. The number of amides is 1. The normalized spacial score (nSPS) is 16.6. The molecule has 29 heavy (non-hydrogen) atoms. The molecule has 0 unspecified atom stereocenters. The molecule has 1 amide bonds. The van der Waals surface area contributed by atoms with E-state index in [-0.39, 0.29) is 19.3 Å². The summed E-state index contributed by atoms with van der Waals surface area (Å²) in [4.78, 5) is 14.5. The van der Waals surface area contributed by atoms with E-state index in [0.29, 0.717) is 34.8 Å². The van der Waals surface area contributed by atoms with Gasteiger partial charge in [-0.1, -0.05) is 11.6 Å². The molecule has 2 aromatic rings. The number of nitrogens with one attached hydrogen (secondary N) is 2. The fraction of sp³-hybridized carbons (Fsp3) is 0.381. The van der Waals surface area contributed by atoms with E-state index in [0.717, 1.165) is 37.2 Å². The summed E-state index contributed by atoms with van der Waals surface area (Å²) < 4.78 is 10.6. The van der Waals surface area contributed by atoms with E-state index in [9.17, 15) is 9.90 Å². The van der Waals surface area contributed by atoms with E-state index < -0.39 is 0 Å². The molecule has 0 spiro atoms. The lowest BCUT2D eigenvalue weighted by Gasteiger charge is -2.32. The van der Waals surface area contributed by atoms with Gasteiger partial charge in [0, 0.05) is 47.2 Å². The third-order valence-corrected chi connectivity index (χ3v) is 5.44. The van der Waals surface area contributed by atoms with Crippen molar-refractivity contribution in [3.8, 4) is 11.5 Å². The van der Waals surface area contributed by atoms with Gasteiger partial charge in [-0.15, -0.1) is 0 Å². The molecule has 4 rings (SSSR count).